The predicted molar refractivity (Wildman–Crippen MR) is 93.0 cm³/mol. The number of methoxy groups -OCH3 is 1. The average molecular weight is 331 g/mol. The minimum absolute atomic E-state index is 0.0455. The number of carbonyl (C=O) groups excluding carboxylic acids is 2. The number of amides is 2. The Hall–Kier alpha value is -2.37. The van der Waals surface area contributed by atoms with E-state index in [9.17, 15) is 9.59 Å². The maximum Gasteiger partial charge on any atom is 0.243 e. The molecule has 1 aromatic carbocycles. The van der Waals surface area contributed by atoms with Crippen molar-refractivity contribution in [3.05, 3.63) is 29.8 Å². The monoisotopic (exact) mass is 331 g/mol. The van der Waals surface area contributed by atoms with Crippen LogP contribution in [0.5, 0.6) is 5.75 Å². The molecule has 0 unspecified atom stereocenters. The topological polar surface area (TPSA) is 71.0 Å². The van der Waals surface area contributed by atoms with E-state index in [1.54, 1.807) is 7.11 Å². The van der Waals surface area contributed by atoms with Gasteiger partial charge < -0.3 is 10.1 Å². The fraction of sp³-hybridized carbons (Fsp3) is 0.500. The van der Waals surface area contributed by atoms with Crippen LogP contribution in [0, 0.1) is 0 Å². The fourth-order valence-electron chi connectivity index (χ4n) is 2.45. The number of hydrogen-bond acceptors (Lipinski definition) is 4. The molecule has 0 saturated heterocycles. The van der Waals surface area contributed by atoms with E-state index in [0.717, 1.165) is 17.0 Å². The number of hydrazone groups is 1. The second kappa shape index (κ2) is 7.47. The Labute approximate surface area is 142 Å². The zero-order chi connectivity index (χ0) is 17.7. The van der Waals surface area contributed by atoms with Crippen LogP contribution >= 0.6 is 0 Å². The molecule has 1 aromatic rings. The standard InChI is InChI=1S/C18H25N3O3/c1-18(2,3)19-16(22)11-12-21-17(23)10-9-15(20-21)13-5-7-14(24-4)8-6-13/h5-8H,9-12H2,1-4H3,(H,19,22). The number of nitrogens with one attached hydrogen (secondary N) is 1. The van der Waals surface area contributed by atoms with Gasteiger partial charge in [-0.1, -0.05) is 0 Å². The molecule has 6 nitrogen and oxygen atoms in total. The van der Waals surface area contributed by atoms with Crippen molar-refractivity contribution in [1.29, 1.82) is 0 Å². The normalized spacial score (nSPS) is 15.1. The van der Waals surface area contributed by atoms with Gasteiger partial charge in [-0.3, -0.25) is 9.59 Å². The van der Waals surface area contributed by atoms with Crippen LogP contribution in [0.15, 0.2) is 29.4 Å². The highest BCUT2D eigenvalue weighted by atomic mass is 16.5. The Morgan fingerprint density at radius 2 is 1.92 bits per heavy atom. The third-order valence-electron chi connectivity index (χ3n) is 3.59. The molecular weight excluding hydrogens is 306 g/mol. The molecule has 6 heteroatoms. The van der Waals surface area contributed by atoms with Crippen LogP contribution in [0.1, 0.15) is 45.6 Å². The maximum atomic E-state index is 12.0. The summed E-state index contributed by atoms with van der Waals surface area (Å²) in [5.74, 6) is 0.653. The summed E-state index contributed by atoms with van der Waals surface area (Å²) in [7, 11) is 1.62. The van der Waals surface area contributed by atoms with Crippen LogP contribution in [-0.2, 0) is 9.59 Å². The Bertz CT molecular complexity index is 630. The lowest BCUT2D eigenvalue weighted by Crippen LogP contribution is -2.42. The van der Waals surface area contributed by atoms with Gasteiger partial charge in [-0.05, 0) is 50.6 Å². The van der Waals surface area contributed by atoms with Crippen LogP contribution in [0.3, 0.4) is 0 Å². The van der Waals surface area contributed by atoms with Crippen molar-refractivity contribution in [2.75, 3.05) is 13.7 Å². The van der Waals surface area contributed by atoms with Crippen molar-refractivity contribution in [2.24, 2.45) is 5.10 Å². The second-order valence-corrected chi connectivity index (χ2v) is 6.84. The van der Waals surface area contributed by atoms with Gasteiger partial charge in [0.2, 0.25) is 11.8 Å². The largest absolute Gasteiger partial charge is 0.497 e. The van der Waals surface area contributed by atoms with Crippen LogP contribution in [0.4, 0.5) is 0 Å². The molecule has 24 heavy (non-hydrogen) atoms. The van der Waals surface area contributed by atoms with E-state index < -0.39 is 0 Å². The lowest BCUT2D eigenvalue weighted by Gasteiger charge is -2.25. The van der Waals surface area contributed by atoms with Gasteiger partial charge in [0.25, 0.3) is 0 Å². The van der Waals surface area contributed by atoms with Gasteiger partial charge in [-0.25, -0.2) is 5.01 Å². The molecule has 2 amide bonds. The summed E-state index contributed by atoms with van der Waals surface area (Å²) in [6.45, 7) is 6.07. The first-order chi connectivity index (χ1) is 11.3. The van der Waals surface area contributed by atoms with Gasteiger partial charge in [0.05, 0.1) is 19.4 Å². The number of benzene rings is 1. The summed E-state index contributed by atoms with van der Waals surface area (Å²) in [5, 5.41) is 8.73. The second-order valence-electron chi connectivity index (χ2n) is 6.84. The summed E-state index contributed by atoms with van der Waals surface area (Å²) < 4.78 is 5.15. The lowest BCUT2D eigenvalue weighted by atomic mass is 10.0. The van der Waals surface area contributed by atoms with Gasteiger partial charge >= 0.3 is 0 Å². The predicted octanol–water partition coefficient (Wildman–Crippen LogP) is 2.33. The summed E-state index contributed by atoms with van der Waals surface area (Å²) in [6.07, 6.45) is 1.25. The summed E-state index contributed by atoms with van der Waals surface area (Å²) in [4.78, 5) is 24.0. The molecule has 1 aliphatic heterocycles. The van der Waals surface area contributed by atoms with Crippen LogP contribution < -0.4 is 10.1 Å². The van der Waals surface area contributed by atoms with Gasteiger partial charge in [-0.15, -0.1) is 0 Å². The van der Waals surface area contributed by atoms with Gasteiger partial charge in [-0.2, -0.15) is 5.10 Å². The molecule has 130 valence electrons. The quantitative estimate of drug-likeness (QED) is 0.900. The number of rotatable bonds is 5. The van der Waals surface area contributed by atoms with Gasteiger partial charge in [0.1, 0.15) is 5.75 Å². The SMILES string of the molecule is COc1ccc(C2=NN(CCC(=O)NC(C)(C)C)C(=O)CC2)cc1. The van der Waals surface area contributed by atoms with E-state index in [1.807, 2.05) is 45.0 Å². The zero-order valence-corrected chi connectivity index (χ0v) is 14.8. The Morgan fingerprint density at radius 1 is 1.25 bits per heavy atom. The third-order valence-corrected chi connectivity index (χ3v) is 3.59. The van der Waals surface area contributed by atoms with Crippen LogP contribution in [0.2, 0.25) is 0 Å². The molecule has 2 rings (SSSR count). The van der Waals surface area contributed by atoms with E-state index >= 15 is 0 Å². The molecular formula is C18H25N3O3. The Kier molecular flexibility index (Phi) is 5.59. The molecule has 0 aliphatic carbocycles. The molecule has 0 bridgehead atoms. The highest BCUT2D eigenvalue weighted by Gasteiger charge is 2.22. The number of hydrogen-bond donors (Lipinski definition) is 1. The van der Waals surface area contributed by atoms with E-state index in [2.05, 4.69) is 10.4 Å². The third kappa shape index (κ3) is 5.08. The molecule has 1 N–H and O–H groups in total. The van der Waals surface area contributed by atoms with E-state index in [-0.39, 0.29) is 23.8 Å². The first kappa shape index (κ1) is 18.0. The van der Waals surface area contributed by atoms with Gasteiger partial charge in [0, 0.05) is 24.8 Å². The first-order valence-corrected chi connectivity index (χ1v) is 8.12. The van der Waals surface area contributed by atoms with Crippen LogP contribution in [-0.4, -0.2) is 41.7 Å². The summed E-state index contributed by atoms with van der Waals surface area (Å²) >= 11 is 0. The lowest BCUT2D eigenvalue weighted by molar-refractivity contribution is -0.132. The van der Waals surface area contributed by atoms with Crippen molar-refractivity contribution < 1.29 is 14.3 Å². The maximum absolute atomic E-state index is 12.0. The number of nitrogens with zero attached hydrogens (tertiary/aromatic N) is 2. The average Bonchev–Trinajstić information content (AvgIpc) is 2.52. The molecule has 0 atom stereocenters. The Balaban J connectivity index is 2.03. The van der Waals surface area contributed by atoms with Crippen molar-refractivity contribution in [3.63, 3.8) is 0 Å². The molecule has 1 heterocycles. The van der Waals surface area contributed by atoms with Crippen molar-refractivity contribution in [2.45, 2.75) is 45.6 Å². The van der Waals surface area contributed by atoms with Gasteiger partial charge in [0.15, 0.2) is 0 Å². The van der Waals surface area contributed by atoms with E-state index in [1.165, 1.54) is 5.01 Å². The number of carbonyl (C=O) groups is 2. The summed E-state index contributed by atoms with van der Waals surface area (Å²) in [6, 6.07) is 7.60. The molecule has 0 saturated carbocycles. The summed E-state index contributed by atoms with van der Waals surface area (Å²) in [5.41, 5.74) is 1.54. The fourth-order valence-corrected chi connectivity index (χ4v) is 2.45. The zero-order valence-electron chi connectivity index (χ0n) is 14.8. The van der Waals surface area contributed by atoms with Crippen molar-refractivity contribution >= 4 is 17.5 Å². The molecule has 0 spiro atoms. The van der Waals surface area contributed by atoms with Crippen molar-refractivity contribution in [3.8, 4) is 5.75 Å². The van der Waals surface area contributed by atoms with E-state index in [0.29, 0.717) is 19.4 Å². The number of ether oxygens (including phenoxy) is 1. The van der Waals surface area contributed by atoms with E-state index in [4.69, 9.17) is 4.74 Å². The first-order valence-electron chi connectivity index (χ1n) is 8.12. The molecule has 1 aliphatic rings. The smallest absolute Gasteiger partial charge is 0.243 e. The molecule has 0 aromatic heterocycles. The minimum atomic E-state index is -0.277. The molecule has 0 radical (unpaired) electrons. The van der Waals surface area contributed by atoms with Crippen molar-refractivity contribution in [1.82, 2.24) is 10.3 Å². The molecule has 0 fully saturated rings. The minimum Gasteiger partial charge on any atom is -0.497 e. The highest BCUT2D eigenvalue weighted by Crippen LogP contribution is 2.18. The van der Waals surface area contributed by atoms with Crippen LogP contribution in [0.25, 0.3) is 0 Å². The highest BCUT2D eigenvalue weighted by molar-refractivity contribution is 6.04. The Morgan fingerprint density at radius 3 is 2.50 bits per heavy atom.